The predicted molar refractivity (Wildman–Crippen MR) is 103 cm³/mol. The monoisotopic (exact) mass is 394 g/mol. The summed E-state index contributed by atoms with van der Waals surface area (Å²) in [7, 11) is 0. The predicted octanol–water partition coefficient (Wildman–Crippen LogP) is 5.17. The van der Waals surface area contributed by atoms with Crippen LogP contribution in [0.5, 0.6) is 5.75 Å². The van der Waals surface area contributed by atoms with Crippen molar-refractivity contribution in [3.63, 3.8) is 0 Å². The van der Waals surface area contributed by atoms with Gasteiger partial charge in [-0.05, 0) is 44.2 Å². The van der Waals surface area contributed by atoms with Crippen molar-refractivity contribution >= 4 is 50.7 Å². The van der Waals surface area contributed by atoms with E-state index in [2.05, 4.69) is 4.99 Å². The van der Waals surface area contributed by atoms with Crippen molar-refractivity contribution in [3.05, 3.63) is 56.8 Å². The number of aryl methyl sites for hydroxylation is 1. The molecule has 0 fully saturated rings. The van der Waals surface area contributed by atoms with Gasteiger partial charge in [0.1, 0.15) is 11.3 Å². The van der Waals surface area contributed by atoms with Crippen LogP contribution in [0.1, 0.15) is 24.2 Å². The molecule has 0 aliphatic rings. The number of aromatic nitrogens is 1. The molecule has 0 radical (unpaired) electrons. The van der Waals surface area contributed by atoms with Gasteiger partial charge in [0.05, 0.1) is 21.9 Å². The number of nitrogens with zero attached hydrogens (tertiary/aromatic N) is 2. The Balaban J connectivity index is 2.18. The summed E-state index contributed by atoms with van der Waals surface area (Å²) in [6.07, 6.45) is 0. The third-order valence-corrected chi connectivity index (χ3v) is 5.24. The number of ether oxygens (including phenoxy) is 1. The molecule has 3 rings (SSSR count). The largest absolute Gasteiger partial charge is 0.492 e. The zero-order chi connectivity index (χ0) is 18.0. The van der Waals surface area contributed by atoms with Crippen LogP contribution in [0.25, 0.3) is 10.2 Å². The van der Waals surface area contributed by atoms with Crippen molar-refractivity contribution in [1.29, 1.82) is 0 Å². The second-order valence-electron chi connectivity index (χ2n) is 5.21. The van der Waals surface area contributed by atoms with Crippen molar-refractivity contribution in [1.82, 2.24) is 4.57 Å². The van der Waals surface area contributed by atoms with Crippen LogP contribution < -0.4 is 9.54 Å². The molecule has 7 heteroatoms. The lowest BCUT2D eigenvalue weighted by atomic mass is 10.2. The van der Waals surface area contributed by atoms with Crippen LogP contribution in [0.15, 0.2) is 41.4 Å². The summed E-state index contributed by atoms with van der Waals surface area (Å²) in [4.78, 5) is 17.5. The number of carbonyl (C=O) groups is 1. The number of benzene rings is 2. The molecule has 0 aliphatic carbocycles. The van der Waals surface area contributed by atoms with Crippen molar-refractivity contribution in [3.8, 4) is 5.75 Å². The number of amides is 1. The molecular weight excluding hydrogens is 379 g/mol. The fourth-order valence-electron chi connectivity index (χ4n) is 2.56. The lowest BCUT2D eigenvalue weighted by Crippen LogP contribution is -2.16. The number of carbonyl (C=O) groups excluding carboxylic acids is 1. The van der Waals surface area contributed by atoms with Gasteiger partial charge in [-0.1, -0.05) is 40.6 Å². The molecule has 0 aliphatic heterocycles. The number of rotatable bonds is 4. The minimum Gasteiger partial charge on any atom is -0.492 e. The Morgan fingerprint density at radius 2 is 2.04 bits per heavy atom. The second-order valence-corrected chi connectivity index (χ2v) is 7.06. The third kappa shape index (κ3) is 3.59. The van der Waals surface area contributed by atoms with Crippen molar-refractivity contribution in [2.24, 2.45) is 4.99 Å². The highest BCUT2D eigenvalue weighted by Gasteiger charge is 2.14. The molecule has 1 amide bonds. The summed E-state index contributed by atoms with van der Waals surface area (Å²) in [5.41, 5.74) is 1.24. The summed E-state index contributed by atoms with van der Waals surface area (Å²) in [5.74, 6) is 0.368. The number of para-hydroxylation sites is 1. The average Bonchev–Trinajstić information content (AvgIpc) is 2.95. The van der Waals surface area contributed by atoms with Gasteiger partial charge in [0.2, 0.25) is 0 Å². The van der Waals surface area contributed by atoms with Gasteiger partial charge in [0, 0.05) is 11.6 Å². The molecule has 25 heavy (non-hydrogen) atoms. The van der Waals surface area contributed by atoms with Crippen LogP contribution in [0.4, 0.5) is 0 Å². The van der Waals surface area contributed by atoms with E-state index in [9.17, 15) is 4.79 Å². The van der Waals surface area contributed by atoms with Crippen molar-refractivity contribution in [2.75, 3.05) is 6.61 Å². The van der Waals surface area contributed by atoms with Gasteiger partial charge < -0.3 is 9.30 Å². The van der Waals surface area contributed by atoms with E-state index in [0.717, 1.165) is 16.0 Å². The first-order valence-electron chi connectivity index (χ1n) is 7.84. The summed E-state index contributed by atoms with van der Waals surface area (Å²) in [6, 6.07) is 10.6. The van der Waals surface area contributed by atoms with Gasteiger partial charge >= 0.3 is 0 Å². The first-order chi connectivity index (χ1) is 12.0. The lowest BCUT2D eigenvalue weighted by molar-refractivity contribution is 0.0998. The third-order valence-electron chi connectivity index (χ3n) is 3.64. The highest BCUT2D eigenvalue weighted by molar-refractivity contribution is 7.16. The fourth-order valence-corrected chi connectivity index (χ4v) is 4.04. The number of fused-ring (bicyclic) bond motifs is 1. The molecule has 0 unspecified atom stereocenters. The Hall–Kier alpha value is -1.82. The molecule has 130 valence electrons. The van der Waals surface area contributed by atoms with Crippen molar-refractivity contribution in [2.45, 2.75) is 20.4 Å². The van der Waals surface area contributed by atoms with Gasteiger partial charge in [-0.25, -0.2) is 0 Å². The summed E-state index contributed by atoms with van der Waals surface area (Å²) in [5, 5.41) is 0.776. The van der Waals surface area contributed by atoms with Gasteiger partial charge in [-0.15, -0.1) is 0 Å². The van der Waals surface area contributed by atoms with Gasteiger partial charge in [-0.2, -0.15) is 4.99 Å². The first-order valence-corrected chi connectivity index (χ1v) is 9.41. The molecule has 4 nitrogen and oxygen atoms in total. The molecule has 0 saturated heterocycles. The van der Waals surface area contributed by atoms with E-state index in [1.54, 1.807) is 12.1 Å². The molecule has 0 atom stereocenters. The molecule has 0 saturated carbocycles. The van der Waals surface area contributed by atoms with Crippen LogP contribution >= 0.6 is 34.5 Å². The lowest BCUT2D eigenvalue weighted by Gasteiger charge is -2.07. The fraction of sp³-hybridized carbons (Fsp3) is 0.222. The first kappa shape index (κ1) is 18.0. The average molecular weight is 395 g/mol. The van der Waals surface area contributed by atoms with Gasteiger partial charge in [0.15, 0.2) is 4.80 Å². The highest BCUT2D eigenvalue weighted by Crippen LogP contribution is 2.28. The van der Waals surface area contributed by atoms with Gasteiger partial charge in [0.25, 0.3) is 5.91 Å². The van der Waals surface area contributed by atoms with E-state index >= 15 is 0 Å². The Morgan fingerprint density at radius 1 is 1.24 bits per heavy atom. The van der Waals surface area contributed by atoms with Crippen LogP contribution in [-0.4, -0.2) is 17.1 Å². The van der Waals surface area contributed by atoms with E-state index in [1.165, 1.54) is 17.4 Å². The maximum Gasteiger partial charge on any atom is 0.281 e. The summed E-state index contributed by atoms with van der Waals surface area (Å²) in [6.45, 7) is 5.18. The number of thiazole rings is 1. The Labute approximate surface area is 159 Å². The number of hydrogen-bond donors (Lipinski definition) is 0. The Bertz CT molecular complexity index is 1010. The highest BCUT2D eigenvalue weighted by atomic mass is 35.5. The summed E-state index contributed by atoms with van der Waals surface area (Å²) < 4.78 is 8.70. The van der Waals surface area contributed by atoms with Crippen LogP contribution in [0.2, 0.25) is 10.0 Å². The Morgan fingerprint density at radius 3 is 2.76 bits per heavy atom. The summed E-state index contributed by atoms with van der Waals surface area (Å²) >= 11 is 13.5. The second kappa shape index (κ2) is 7.60. The zero-order valence-corrected chi connectivity index (χ0v) is 16.1. The maximum absolute atomic E-state index is 12.6. The molecule has 0 N–H and O–H groups in total. The van der Waals surface area contributed by atoms with Crippen LogP contribution in [0.3, 0.4) is 0 Å². The van der Waals surface area contributed by atoms with E-state index in [-0.39, 0.29) is 0 Å². The topological polar surface area (TPSA) is 43.6 Å². The van der Waals surface area contributed by atoms with Crippen molar-refractivity contribution < 1.29 is 9.53 Å². The molecule has 2 aromatic carbocycles. The quantitative estimate of drug-likeness (QED) is 0.612. The van der Waals surface area contributed by atoms with E-state index in [0.29, 0.717) is 33.6 Å². The SMILES string of the molecule is CCOc1cccc2sc(=NC(=O)c3cc(Cl)ccc3Cl)n(CC)c12. The molecule has 1 heterocycles. The van der Waals surface area contributed by atoms with E-state index < -0.39 is 5.91 Å². The molecule has 1 aromatic heterocycles. The van der Waals surface area contributed by atoms with Crippen LogP contribution in [-0.2, 0) is 6.54 Å². The zero-order valence-electron chi connectivity index (χ0n) is 13.8. The Kier molecular flexibility index (Phi) is 5.47. The smallest absolute Gasteiger partial charge is 0.281 e. The van der Waals surface area contributed by atoms with Crippen LogP contribution in [0, 0.1) is 0 Å². The maximum atomic E-state index is 12.6. The van der Waals surface area contributed by atoms with E-state index in [1.807, 2.05) is 36.6 Å². The molecule has 0 bridgehead atoms. The minimum atomic E-state index is -0.417. The molecule has 3 aromatic rings. The standard InChI is InChI=1S/C18H16Cl2N2O2S/c1-3-22-16-14(24-4-2)6-5-7-15(16)25-18(22)21-17(23)12-10-11(19)8-9-13(12)20/h5-10H,3-4H2,1-2H3. The number of hydrogen-bond acceptors (Lipinski definition) is 3. The molecule has 0 spiro atoms. The van der Waals surface area contributed by atoms with Gasteiger partial charge in [-0.3, -0.25) is 4.79 Å². The number of halogens is 2. The normalized spacial score (nSPS) is 11.9. The van der Waals surface area contributed by atoms with E-state index in [4.69, 9.17) is 27.9 Å². The molecular formula is C18H16Cl2N2O2S. The minimum absolute atomic E-state index is 0.291.